The third kappa shape index (κ3) is 6.46. The van der Waals surface area contributed by atoms with E-state index in [1.165, 1.54) is 89.4 Å². The molecule has 0 amide bonds. The highest BCUT2D eigenvalue weighted by Crippen LogP contribution is 2.48. The van der Waals surface area contributed by atoms with Gasteiger partial charge in [0, 0.05) is 40.3 Å². The van der Waals surface area contributed by atoms with Crippen molar-refractivity contribution >= 4 is 107 Å². The average molecular weight is 864 g/mol. The van der Waals surface area contributed by atoms with E-state index in [9.17, 15) is 0 Å². The van der Waals surface area contributed by atoms with Crippen LogP contribution in [-0.2, 0) is 0 Å². The molecule has 0 bridgehead atoms. The molecule has 0 saturated carbocycles. The SMILES string of the molecule is C=C/C(=N\C(C(=C)C(=C)c1cccc2sc3cccc(-c4cccc5sc6ccccc6c45)c3c12)c1ccc2c3ccccc3c3ccccc3c2c1)c1ccc(-c2ccccc2)cc1. The summed E-state index contributed by atoms with van der Waals surface area (Å²) in [5, 5.41) is 12.4. The highest BCUT2D eigenvalue weighted by atomic mass is 32.1. The lowest BCUT2D eigenvalue weighted by atomic mass is 9.86. The molecule has 10 aromatic carbocycles. The fourth-order valence-electron chi connectivity index (χ4n) is 9.98. The summed E-state index contributed by atoms with van der Waals surface area (Å²) in [6.45, 7) is 14.1. The van der Waals surface area contributed by atoms with Gasteiger partial charge in [0.15, 0.2) is 0 Å². The van der Waals surface area contributed by atoms with E-state index in [1.807, 2.05) is 34.8 Å². The zero-order valence-corrected chi connectivity index (χ0v) is 37.2. The van der Waals surface area contributed by atoms with Crippen LogP contribution in [0.25, 0.3) is 100 Å². The van der Waals surface area contributed by atoms with Crippen LogP contribution in [0, 0.1) is 0 Å². The predicted octanol–water partition coefficient (Wildman–Crippen LogP) is 18.2. The molecule has 306 valence electrons. The van der Waals surface area contributed by atoms with Crippen LogP contribution in [0.2, 0.25) is 0 Å². The third-order valence-corrected chi connectivity index (χ3v) is 15.3. The molecule has 65 heavy (non-hydrogen) atoms. The van der Waals surface area contributed by atoms with Gasteiger partial charge in [0.2, 0.25) is 0 Å². The van der Waals surface area contributed by atoms with Gasteiger partial charge in [0.25, 0.3) is 0 Å². The standard InChI is InChI=1S/C62H41NS2/c1-4-54(42-33-31-41(32-34-42)40-17-6-5-7-18-40)63-62(43-35-36-49-47-21-9-8-19-45(47)46-20-10-11-22-48(46)53(49)37-43)39(3)38(2)44-24-14-29-57-60(44)61-51(26-16-30-58(61)65-57)50-25-15-28-56-59(50)52-23-12-13-27-55(52)64-56/h4-37,62H,1-3H2/b63-54+. The van der Waals surface area contributed by atoms with Crippen molar-refractivity contribution in [1.29, 1.82) is 0 Å². The summed E-state index contributed by atoms with van der Waals surface area (Å²) >= 11 is 3.69. The summed E-state index contributed by atoms with van der Waals surface area (Å²) in [6, 6.07) is 71.8. The van der Waals surface area contributed by atoms with Gasteiger partial charge in [-0.25, -0.2) is 0 Å². The number of aliphatic imine (C=N–C) groups is 1. The van der Waals surface area contributed by atoms with Gasteiger partial charge in [-0.2, -0.15) is 0 Å². The zero-order chi connectivity index (χ0) is 43.6. The summed E-state index contributed by atoms with van der Waals surface area (Å²) in [6.07, 6.45) is 1.87. The van der Waals surface area contributed by atoms with Crippen LogP contribution in [0.1, 0.15) is 22.7 Å². The molecule has 0 aliphatic heterocycles. The minimum atomic E-state index is -0.468. The van der Waals surface area contributed by atoms with Crippen LogP contribution >= 0.6 is 22.7 Å². The molecule has 0 radical (unpaired) electrons. The second-order valence-electron chi connectivity index (χ2n) is 16.7. The monoisotopic (exact) mass is 863 g/mol. The molecule has 1 nitrogen and oxygen atoms in total. The molecule has 0 aliphatic carbocycles. The molecule has 2 aromatic heterocycles. The average Bonchev–Trinajstić information content (AvgIpc) is 3.96. The molecule has 12 rings (SSSR count). The first kappa shape index (κ1) is 38.9. The first-order chi connectivity index (χ1) is 32.0. The summed E-state index contributed by atoms with van der Waals surface area (Å²) in [7, 11) is 0. The summed E-state index contributed by atoms with van der Waals surface area (Å²) < 4.78 is 5.06. The van der Waals surface area contributed by atoms with Gasteiger partial charge in [-0.3, -0.25) is 4.99 Å². The third-order valence-electron chi connectivity index (χ3n) is 13.1. The Hall–Kier alpha value is -7.69. The Kier molecular flexibility index (Phi) is 9.49. The Morgan fingerprint density at radius 1 is 0.431 bits per heavy atom. The van der Waals surface area contributed by atoms with Crippen LogP contribution in [0.15, 0.2) is 237 Å². The number of nitrogens with zero attached hydrogens (tertiary/aromatic N) is 1. The smallest absolute Gasteiger partial charge is 0.101 e. The first-order valence-electron chi connectivity index (χ1n) is 22.0. The fourth-order valence-corrected chi connectivity index (χ4v) is 12.3. The Bertz CT molecular complexity index is 3900. The first-order valence-corrected chi connectivity index (χ1v) is 23.6. The minimum Gasteiger partial charge on any atom is -0.272 e. The highest BCUT2D eigenvalue weighted by Gasteiger charge is 2.24. The van der Waals surface area contributed by atoms with E-state index in [4.69, 9.17) is 18.2 Å². The van der Waals surface area contributed by atoms with E-state index < -0.39 is 6.04 Å². The van der Waals surface area contributed by atoms with Gasteiger partial charge in [0.05, 0.1) is 5.71 Å². The Balaban J connectivity index is 1.05. The van der Waals surface area contributed by atoms with Gasteiger partial charge in [-0.1, -0.05) is 190 Å². The molecule has 2 heterocycles. The molecule has 0 saturated heterocycles. The Labute approximate surface area is 385 Å². The lowest BCUT2D eigenvalue weighted by Crippen LogP contribution is -2.07. The minimum absolute atomic E-state index is 0.468. The number of fused-ring (bicyclic) bond motifs is 12. The summed E-state index contributed by atoms with van der Waals surface area (Å²) in [5.74, 6) is 0. The number of benzene rings is 10. The predicted molar refractivity (Wildman–Crippen MR) is 286 cm³/mol. The second-order valence-corrected chi connectivity index (χ2v) is 18.9. The van der Waals surface area contributed by atoms with Gasteiger partial charge >= 0.3 is 0 Å². The molecule has 3 heteroatoms. The molecule has 0 N–H and O–H groups in total. The maximum absolute atomic E-state index is 5.63. The van der Waals surface area contributed by atoms with Crippen LogP contribution in [0.4, 0.5) is 0 Å². The van der Waals surface area contributed by atoms with Gasteiger partial charge in [0.1, 0.15) is 6.04 Å². The topological polar surface area (TPSA) is 12.4 Å². The van der Waals surface area contributed by atoms with Gasteiger partial charge in [-0.05, 0) is 119 Å². The molecule has 0 fully saturated rings. The van der Waals surface area contributed by atoms with Gasteiger partial charge in [-0.15, -0.1) is 22.7 Å². The van der Waals surface area contributed by atoms with Crippen LogP contribution in [-0.4, -0.2) is 5.71 Å². The Morgan fingerprint density at radius 3 is 1.62 bits per heavy atom. The van der Waals surface area contributed by atoms with Crippen molar-refractivity contribution in [3.8, 4) is 22.3 Å². The lowest BCUT2D eigenvalue weighted by molar-refractivity contribution is 0.885. The van der Waals surface area contributed by atoms with E-state index in [1.54, 1.807) is 0 Å². The number of hydrogen-bond donors (Lipinski definition) is 0. The van der Waals surface area contributed by atoms with Crippen molar-refractivity contribution in [2.45, 2.75) is 6.04 Å². The maximum Gasteiger partial charge on any atom is 0.101 e. The highest BCUT2D eigenvalue weighted by molar-refractivity contribution is 7.26. The zero-order valence-electron chi connectivity index (χ0n) is 35.6. The van der Waals surface area contributed by atoms with Crippen molar-refractivity contribution in [3.63, 3.8) is 0 Å². The summed E-state index contributed by atoms with van der Waals surface area (Å²) in [5.41, 5.74) is 10.4. The van der Waals surface area contributed by atoms with Crippen molar-refractivity contribution in [3.05, 3.63) is 248 Å². The largest absolute Gasteiger partial charge is 0.272 e. The fraction of sp³-hybridized carbons (Fsp3) is 0.0161. The molecule has 1 atom stereocenters. The summed E-state index contributed by atoms with van der Waals surface area (Å²) in [4.78, 5) is 5.63. The number of allylic oxidation sites excluding steroid dienone is 1. The second kappa shape index (κ2) is 15.8. The Morgan fingerprint density at radius 2 is 0.938 bits per heavy atom. The van der Waals surface area contributed by atoms with Crippen molar-refractivity contribution in [1.82, 2.24) is 0 Å². The maximum atomic E-state index is 5.63. The van der Waals surface area contributed by atoms with E-state index in [2.05, 4.69) is 201 Å². The molecule has 0 aliphatic rings. The van der Waals surface area contributed by atoms with Crippen LogP contribution in [0.3, 0.4) is 0 Å². The van der Waals surface area contributed by atoms with Crippen molar-refractivity contribution < 1.29 is 0 Å². The van der Waals surface area contributed by atoms with E-state index in [0.717, 1.165) is 39.1 Å². The van der Waals surface area contributed by atoms with E-state index in [0.29, 0.717) is 0 Å². The van der Waals surface area contributed by atoms with Crippen molar-refractivity contribution in [2.75, 3.05) is 0 Å². The van der Waals surface area contributed by atoms with Crippen molar-refractivity contribution in [2.24, 2.45) is 4.99 Å². The number of thiophene rings is 2. The molecule has 12 aromatic rings. The van der Waals surface area contributed by atoms with Crippen LogP contribution < -0.4 is 0 Å². The molecule has 0 spiro atoms. The quantitative estimate of drug-likeness (QED) is 0.0779. The normalized spacial score (nSPS) is 12.5. The number of rotatable bonds is 9. The number of hydrogen-bond acceptors (Lipinski definition) is 3. The lowest BCUT2D eigenvalue weighted by Gasteiger charge is -2.22. The van der Waals surface area contributed by atoms with Gasteiger partial charge < -0.3 is 0 Å². The molecular formula is C62H41NS2. The molecular weight excluding hydrogens is 823 g/mol. The van der Waals surface area contributed by atoms with E-state index in [-0.39, 0.29) is 0 Å². The van der Waals surface area contributed by atoms with E-state index >= 15 is 0 Å². The van der Waals surface area contributed by atoms with Crippen LogP contribution in [0.5, 0.6) is 0 Å². The molecule has 1 unspecified atom stereocenters.